The molecule has 1 aromatic rings. The van der Waals surface area contributed by atoms with Crippen LogP contribution in [0.4, 0.5) is 0 Å². The molecule has 0 unspecified atom stereocenters. The number of ether oxygens (including phenoxy) is 3. The van der Waals surface area contributed by atoms with Crippen molar-refractivity contribution < 1.29 is 18.4 Å². The van der Waals surface area contributed by atoms with E-state index in [1.54, 1.807) is 0 Å². The summed E-state index contributed by atoms with van der Waals surface area (Å²) in [4.78, 5) is 1.00. The molecular formula is C23H36O4S. The van der Waals surface area contributed by atoms with E-state index >= 15 is 0 Å². The van der Waals surface area contributed by atoms with Crippen LogP contribution >= 0.6 is 0 Å². The Kier molecular flexibility index (Phi) is 6.41. The second-order valence-electron chi connectivity index (χ2n) is 9.65. The second kappa shape index (κ2) is 8.17. The summed E-state index contributed by atoms with van der Waals surface area (Å²) in [5.41, 5.74) is 3.67. The van der Waals surface area contributed by atoms with E-state index in [0.29, 0.717) is 49.7 Å². The van der Waals surface area contributed by atoms with Gasteiger partial charge in [0, 0.05) is 22.5 Å². The molecule has 3 fully saturated rings. The largest absolute Gasteiger partial charge is 0.327 e. The summed E-state index contributed by atoms with van der Waals surface area (Å²) >= 11 is 0. The Balaban J connectivity index is 1.86. The highest BCUT2D eigenvalue weighted by molar-refractivity contribution is 7.85. The molecule has 4 rings (SSSR count). The van der Waals surface area contributed by atoms with Gasteiger partial charge in [-0.1, -0.05) is 60.6 Å². The second-order valence-corrected chi connectivity index (χ2v) is 11.2. The van der Waals surface area contributed by atoms with E-state index in [4.69, 9.17) is 14.2 Å². The minimum Gasteiger partial charge on any atom is -0.327 e. The Labute approximate surface area is 172 Å². The van der Waals surface area contributed by atoms with Crippen LogP contribution in [0.25, 0.3) is 0 Å². The monoisotopic (exact) mass is 408 g/mol. The van der Waals surface area contributed by atoms with Crippen LogP contribution in [0.2, 0.25) is 0 Å². The summed E-state index contributed by atoms with van der Waals surface area (Å²) in [5, 5.41) is 0. The van der Waals surface area contributed by atoms with E-state index in [1.165, 1.54) is 16.7 Å². The average Bonchev–Trinajstić information content (AvgIpc) is 2.66. The van der Waals surface area contributed by atoms with Crippen LogP contribution in [0.1, 0.15) is 89.3 Å². The van der Waals surface area contributed by atoms with Crippen molar-refractivity contribution in [1.29, 1.82) is 0 Å². The topological polar surface area (TPSA) is 44.8 Å². The molecule has 3 heterocycles. The Hall–Kier alpha value is -0.750. The van der Waals surface area contributed by atoms with Crippen LogP contribution in [-0.4, -0.2) is 35.8 Å². The van der Waals surface area contributed by atoms with Gasteiger partial charge >= 0.3 is 0 Å². The Bertz CT molecular complexity index is 685. The molecule has 1 atom stereocenters. The highest BCUT2D eigenvalue weighted by Gasteiger charge is 2.50. The average molecular weight is 409 g/mol. The summed E-state index contributed by atoms with van der Waals surface area (Å²) in [7, 11) is -1.13. The maximum atomic E-state index is 13.5. The normalized spacial score (nSPS) is 28.5. The van der Waals surface area contributed by atoms with E-state index in [1.807, 2.05) is 0 Å². The zero-order valence-corrected chi connectivity index (χ0v) is 19.3. The summed E-state index contributed by atoms with van der Waals surface area (Å²) in [6.07, 6.45) is 0.483. The first-order valence-corrected chi connectivity index (χ1v) is 11.9. The minimum absolute atomic E-state index is 0.0524. The molecule has 3 aliphatic rings. The molecule has 1 aromatic carbocycles. The maximum absolute atomic E-state index is 13.5. The molecular weight excluding hydrogens is 372 g/mol. The van der Waals surface area contributed by atoms with Gasteiger partial charge in [0.1, 0.15) is 0 Å². The van der Waals surface area contributed by atoms with E-state index < -0.39 is 16.8 Å². The quantitative estimate of drug-likeness (QED) is 0.615. The van der Waals surface area contributed by atoms with Gasteiger partial charge in [0.05, 0.1) is 30.6 Å². The molecule has 28 heavy (non-hydrogen) atoms. The van der Waals surface area contributed by atoms with E-state index in [0.717, 1.165) is 4.90 Å². The minimum atomic E-state index is -1.13. The van der Waals surface area contributed by atoms with Gasteiger partial charge in [-0.05, 0) is 34.4 Å². The molecule has 2 bridgehead atoms. The molecule has 0 spiro atoms. The SMILES string of the molecule is CC(C)c1cc(C(C)C)c([S@](=O)CCC23OCC(C)(CO2)CO3)c(C(C)C)c1. The third-order valence-electron chi connectivity index (χ3n) is 5.82. The third-order valence-corrected chi connectivity index (χ3v) is 7.32. The predicted molar refractivity (Wildman–Crippen MR) is 113 cm³/mol. The fourth-order valence-corrected chi connectivity index (χ4v) is 5.55. The first kappa shape index (κ1) is 21.9. The number of hydrogen-bond donors (Lipinski definition) is 0. The Morgan fingerprint density at radius 1 is 0.893 bits per heavy atom. The lowest BCUT2D eigenvalue weighted by atomic mass is 9.89. The standard InChI is InChI=1S/C23H36O4S/c1-15(2)18-10-19(16(3)4)21(20(11-18)17(5)6)28(24)9-8-23-25-12-22(7,13-26-23)14-27-23/h10-11,15-17H,8-9,12-14H2,1-7H3/t22?,23?,28-/m1/s1. The summed E-state index contributed by atoms with van der Waals surface area (Å²) in [5.74, 6) is 0.549. The van der Waals surface area contributed by atoms with Crippen LogP contribution in [-0.2, 0) is 25.0 Å². The van der Waals surface area contributed by atoms with Gasteiger partial charge in [-0.25, -0.2) is 0 Å². The van der Waals surface area contributed by atoms with E-state index in [-0.39, 0.29) is 5.41 Å². The molecule has 3 saturated heterocycles. The highest BCUT2D eigenvalue weighted by atomic mass is 32.2. The molecule has 3 aliphatic heterocycles. The molecule has 0 radical (unpaired) electrons. The Morgan fingerprint density at radius 3 is 1.75 bits per heavy atom. The summed E-state index contributed by atoms with van der Waals surface area (Å²) in [6.45, 7) is 17.2. The van der Waals surface area contributed by atoms with Gasteiger partial charge in [0.15, 0.2) is 0 Å². The zero-order valence-electron chi connectivity index (χ0n) is 18.5. The number of benzene rings is 1. The van der Waals surface area contributed by atoms with Crippen molar-refractivity contribution in [2.45, 2.75) is 83.5 Å². The first-order chi connectivity index (χ1) is 13.1. The van der Waals surface area contributed by atoms with Crippen LogP contribution in [0.15, 0.2) is 17.0 Å². The molecule has 5 heteroatoms. The van der Waals surface area contributed by atoms with Gasteiger partial charge in [-0.3, -0.25) is 4.21 Å². The summed E-state index contributed by atoms with van der Waals surface area (Å²) in [6, 6.07) is 4.51. The first-order valence-electron chi connectivity index (χ1n) is 10.5. The maximum Gasteiger partial charge on any atom is 0.283 e. The molecule has 0 amide bonds. The summed E-state index contributed by atoms with van der Waals surface area (Å²) < 4.78 is 31.1. The van der Waals surface area contributed by atoms with Crippen LogP contribution in [0.5, 0.6) is 0 Å². The van der Waals surface area contributed by atoms with Crippen molar-refractivity contribution in [3.63, 3.8) is 0 Å². The van der Waals surface area contributed by atoms with Crippen LogP contribution in [0.3, 0.4) is 0 Å². The molecule has 0 aromatic heterocycles. The van der Waals surface area contributed by atoms with Crippen LogP contribution < -0.4 is 0 Å². The lowest BCUT2D eigenvalue weighted by Gasteiger charge is -2.50. The van der Waals surface area contributed by atoms with Crippen molar-refractivity contribution in [2.75, 3.05) is 25.6 Å². The van der Waals surface area contributed by atoms with Gasteiger partial charge in [-0.15, -0.1) is 0 Å². The third kappa shape index (κ3) is 4.38. The van der Waals surface area contributed by atoms with Gasteiger partial charge < -0.3 is 14.2 Å². The van der Waals surface area contributed by atoms with Crippen molar-refractivity contribution in [3.8, 4) is 0 Å². The van der Waals surface area contributed by atoms with E-state index in [9.17, 15) is 4.21 Å². The number of rotatable bonds is 7. The van der Waals surface area contributed by atoms with Gasteiger partial charge in [0.25, 0.3) is 5.97 Å². The zero-order chi connectivity index (χ0) is 20.7. The Morgan fingerprint density at radius 2 is 1.36 bits per heavy atom. The molecule has 4 nitrogen and oxygen atoms in total. The fourth-order valence-electron chi connectivity index (χ4n) is 3.79. The van der Waals surface area contributed by atoms with Crippen molar-refractivity contribution in [1.82, 2.24) is 0 Å². The lowest BCUT2D eigenvalue weighted by molar-refractivity contribution is -0.465. The van der Waals surface area contributed by atoms with Gasteiger partial charge in [0.2, 0.25) is 0 Å². The predicted octanol–water partition coefficient (Wildman–Crippen LogP) is 5.29. The van der Waals surface area contributed by atoms with Crippen molar-refractivity contribution in [2.24, 2.45) is 5.41 Å². The molecule has 0 saturated carbocycles. The lowest BCUT2D eigenvalue weighted by Crippen LogP contribution is -2.59. The van der Waals surface area contributed by atoms with Crippen LogP contribution in [0, 0.1) is 5.41 Å². The van der Waals surface area contributed by atoms with E-state index in [2.05, 4.69) is 60.6 Å². The van der Waals surface area contributed by atoms with Crippen molar-refractivity contribution >= 4 is 10.8 Å². The highest BCUT2D eigenvalue weighted by Crippen LogP contribution is 2.41. The number of fused-ring (bicyclic) bond motifs is 3. The molecule has 158 valence electrons. The molecule has 0 N–H and O–H groups in total. The van der Waals surface area contributed by atoms with Gasteiger partial charge in [-0.2, -0.15) is 0 Å². The number of hydrogen-bond acceptors (Lipinski definition) is 4. The van der Waals surface area contributed by atoms with Crippen molar-refractivity contribution in [3.05, 3.63) is 28.8 Å². The molecule has 0 aliphatic carbocycles. The smallest absolute Gasteiger partial charge is 0.283 e. The fraction of sp³-hybridized carbons (Fsp3) is 0.739.